The third-order valence-corrected chi connectivity index (χ3v) is 3.24. The molecule has 9 nitrogen and oxygen atoms in total. The maximum absolute atomic E-state index is 11.9. The second-order valence-corrected chi connectivity index (χ2v) is 5.43. The van der Waals surface area contributed by atoms with E-state index in [1.165, 1.54) is 0 Å². The molecular formula is C19H19N3O6. The van der Waals surface area contributed by atoms with Gasteiger partial charge < -0.3 is 14.6 Å². The van der Waals surface area contributed by atoms with Crippen LogP contribution in [0.1, 0.15) is 11.1 Å². The summed E-state index contributed by atoms with van der Waals surface area (Å²) in [5.41, 5.74) is 1.52. The molecule has 0 aliphatic heterocycles. The molecule has 0 fully saturated rings. The fourth-order valence-corrected chi connectivity index (χ4v) is 1.97. The van der Waals surface area contributed by atoms with Gasteiger partial charge in [0.25, 0.3) is 0 Å². The highest BCUT2D eigenvalue weighted by Crippen LogP contribution is 2.01. The molecule has 0 aromatic heterocycles. The van der Waals surface area contributed by atoms with Gasteiger partial charge in [-0.2, -0.15) is 0 Å². The average Bonchev–Trinajstić information content (AvgIpc) is 2.70. The molecule has 0 saturated carbocycles. The SMILES string of the molecule is O=C(O)CN=C(NC(=O)OCc1ccccc1)NC(=O)OCc1ccccc1. The van der Waals surface area contributed by atoms with E-state index in [9.17, 15) is 14.4 Å². The Morgan fingerprint density at radius 1 is 0.786 bits per heavy atom. The number of amides is 2. The van der Waals surface area contributed by atoms with Crippen LogP contribution in [0.3, 0.4) is 0 Å². The van der Waals surface area contributed by atoms with Crippen molar-refractivity contribution >= 4 is 24.1 Å². The molecule has 3 N–H and O–H groups in total. The zero-order valence-corrected chi connectivity index (χ0v) is 14.8. The Morgan fingerprint density at radius 3 is 1.61 bits per heavy atom. The van der Waals surface area contributed by atoms with Crippen molar-refractivity contribution < 1.29 is 29.0 Å². The van der Waals surface area contributed by atoms with E-state index in [1.54, 1.807) is 48.5 Å². The lowest BCUT2D eigenvalue weighted by atomic mass is 10.2. The van der Waals surface area contributed by atoms with E-state index in [1.807, 2.05) is 12.1 Å². The summed E-state index contributed by atoms with van der Waals surface area (Å²) >= 11 is 0. The third-order valence-electron chi connectivity index (χ3n) is 3.24. The Balaban J connectivity index is 1.87. The highest BCUT2D eigenvalue weighted by Gasteiger charge is 2.13. The number of guanidine groups is 1. The van der Waals surface area contributed by atoms with Gasteiger partial charge in [-0.15, -0.1) is 0 Å². The van der Waals surface area contributed by atoms with Gasteiger partial charge in [0.2, 0.25) is 5.96 Å². The lowest BCUT2D eigenvalue weighted by Crippen LogP contribution is -2.44. The Kier molecular flexibility index (Phi) is 8.00. The van der Waals surface area contributed by atoms with Crippen LogP contribution in [0.25, 0.3) is 0 Å². The molecule has 2 aromatic carbocycles. The molecule has 0 bridgehead atoms. The van der Waals surface area contributed by atoms with Crippen molar-refractivity contribution in [2.24, 2.45) is 4.99 Å². The number of ether oxygens (including phenoxy) is 2. The van der Waals surface area contributed by atoms with Gasteiger partial charge in [-0.25, -0.2) is 14.6 Å². The van der Waals surface area contributed by atoms with E-state index >= 15 is 0 Å². The smallest absolute Gasteiger partial charge is 0.414 e. The number of benzene rings is 2. The van der Waals surface area contributed by atoms with Gasteiger partial charge in [-0.1, -0.05) is 60.7 Å². The molecule has 2 rings (SSSR count). The molecule has 146 valence electrons. The molecule has 0 radical (unpaired) electrons. The molecular weight excluding hydrogens is 366 g/mol. The number of aliphatic imine (C=N–C) groups is 1. The minimum absolute atomic E-state index is 0.00264. The second-order valence-electron chi connectivity index (χ2n) is 5.43. The summed E-state index contributed by atoms with van der Waals surface area (Å²) in [4.78, 5) is 38.1. The number of alkyl carbamates (subject to hydrolysis) is 2. The molecule has 2 amide bonds. The molecule has 28 heavy (non-hydrogen) atoms. The van der Waals surface area contributed by atoms with E-state index in [0.717, 1.165) is 11.1 Å². The number of aliphatic carboxylic acids is 1. The normalized spacial score (nSPS) is 9.71. The quantitative estimate of drug-likeness (QED) is 0.517. The Labute approximate surface area is 161 Å². The van der Waals surface area contributed by atoms with Crippen molar-refractivity contribution in [3.8, 4) is 0 Å². The molecule has 0 aliphatic rings. The van der Waals surface area contributed by atoms with Crippen molar-refractivity contribution in [3.05, 3.63) is 71.8 Å². The first-order valence-corrected chi connectivity index (χ1v) is 8.24. The van der Waals surface area contributed by atoms with Crippen molar-refractivity contribution in [1.82, 2.24) is 10.6 Å². The number of carboxylic acids is 1. The number of nitrogens with one attached hydrogen (secondary N) is 2. The third kappa shape index (κ3) is 8.00. The van der Waals surface area contributed by atoms with E-state index in [2.05, 4.69) is 15.6 Å². The highest BCUT2D eigenvalue weighted by atomic mass is 16.6. The van der Waals surface area contributed by atoms with Crippen molar-refractivity contribution in [2.75, 3.05) is 6.54 Å². The number of carbonyl (C=O) groups excluding carboxylic acids is 2. The average molecular weight is 385 g/mol. The van der Waals surface area contributed by atoms with Gasteiger partial charge >= 0.3 is 18.2 Å². The van der Waals surface area contributed by atoms with Crippen LogP contribution in [0, 0.1) is 0 Å². The lowest BCUT2D eigenvalue weighted by molar-refractivity contribution is -0.135. The van der Waals surface area contributed by atoms with Crippen LogP contribution < -0.4 is 10.6 Å². The van der Waals surface area contributed by atoms with Crippen LogP contribution in [0.5, 0.6) is 0 Å². The van der Waals surface area contributed by atoms with Gasteiger partial charge in [0, 0.05) is 0 Å². The molecule has 0 heterocycles. The summed E-state index contributed by atoms with van der Waals surface area (Å²) in [5, 5.41) is 13.1. The van der Waals surface area contributed by atoms with Crippen molar-refractivity contribution in [2.45, 2.75) is 13.2 Å². The summed E-state index contributed by atoms with van der Waals surface area (Å²) in [6.07, 6.45) is -1.81. The molecule has 0 atom stereocenters. The van der Waals surface area contributed by atoms with Gasteiger partial charge in [0.15, 0.2) is 0 Å². The second kappa shape index (κ2) is 11.0. The van der Waals surface area contributed by atoms with E-state index in [0.29, 0.717) is 0 Å². The first-order valence-electron chi connectivity index (χ1n) is 8.24. The maximum Gasteiger partial charge on any atom is 0.414 e. The van der Waals surface area contributed by atoms with Crippen LogP contribution in [0.2, 0.25) is 0 Å². The maximum atomic E-state index is 11.9. The first kappa shape index (κ1) is 20.4. The van der Waals surface area contributed by atoms with E-state index in [-0.39, 0.29) is 13.2 Å². The zero-order chi connectivity index (χ0) is 20.2. The fraction of sp³-hybridized carbons (Fsp3) is 0.158. The summed E-state index contributed by atoms with van der Waals surface area (Å²) in [6.45, 7) is -0.665. The van der Waals surface area contributed by atoms with E-state index in [4.69, 9.17) is 14.6 Å². The summed E-state index contributed by atoms with van der Waals surface area (Å²) < 4.78 is 10.0. The molecule has 9 heteroatoms. The molecule has 0 saturated heterocycles. The van der Waals surface area contributed by atoms with Crippen LogP contribution in [-0.4, -0.2) is 35.8 Å². The highest BCUT2D eigenvalue weighted by molar-refractivity contribution is 6.01. The van der Waals surface area contributed by atoms with Crippen molar-refractivity contribution in [3.63, 3.8) is 0 Å². The van der Waals surface area contributed by atoms with Crippen LogP contribution in [-0.2, 0) is 27.5 Å². The minimum atomic E-state index is -1.24. The first-order chi connectivity index (χ1) is 13.5. The topological polar surface area (TPSA) is 126 Å². The van der Waals surface area contributed by atoms with Gasteiger partial charge in [0.1, 0.15) is 19.8 Å². The van der Waals surface area contributed by atoms with Gasteiger partial charge in [-0.3, -0.25) is 15.4 Å². The zero-order valence-electron chi connectivity index (χ0n) is 14.8. The Hall–Kier alpha value is -3.88. The summed E-state index contributed by atoms with van der Waals surface area (Å²) in [6, 6.07) is 17.9. The summed E-state index contributed by atoms with van der Waals surface area (Å²) in [5.74, 6) is -1.63. The largest absolute Gasteiger partial charge is 0.480 e. The van der Waals surface area contributed by atoms with E-state index < -0.39 is 30.7 Å². The monoisotopic (exact) mass is 385 g/mol. The number of hydrogen-bond acceptors (Lipinski definition) is 6. The fourth-order valence-electron chi connectivity index (χ4n) is 1.97. The molecule has 0 aliphatic carbocycles. The van der Waals surface area contributed by atoms with Crippen LogP contribution in [0.4, 0.5) is 9.59 Å². The Bertz CT molecular complexity index is 765. The predicted octanol–water partition coefficient (Wildman–Crippen LogP) is 2.28. The standard InChI is InChI=1S/C19H19N3O6/c23-16(24)11-20-17(21-18(25)27-12-14-7-3-1-4-8-14)22-19(26)28-13-15-9-5-2-6-10-15/h1-10H,11-13H2,(H,23,24)(H2,20,21,22,25,26). The van der Waals surface area contributed by atoms with Crippen molar-refractivity contribution in [1.29, 1.82) is 0 Å². The minimum Gasteiger partial charge on any atom is -0.480 e. The summed E-state index contributed by atoms with van der Waals surface area (Å²) in [7, 11) is 0. The number of carbonyl (C=O) groups is 3. The number of nitrogens with zero attached hydrogens (tertiary/aromatic N) is 1. The number of hydrogen-bond donors (Lipinski definition) is 3. The number of carboxylic acid groups (broad SMARTS) is 1. The predicted molar refractivity (Wildman–Crippen MR) is 99.5 cm³/mol. The van der Waals surface area contributed by atoms with Gasteiger partial charge in [-0.05, 0) is 11.1 Å². The lowest BCUT2D eigenvalue weighted by Gasteiger charge is -2.11. The molecule has 0 spiro atoms. The molecule has 2 aromatic rings. The number of rotatable bonds is 6. The van der Waals surface area contributed by atoms with Gasteiger partial charge in [0.05, 0.1) is 0 Å². The molecule has 0 unspecified atom stereocenters. The Morgan fingerprint density at radius 2 is 1.21 bits per heavy atom. The van der Waals surface area contributed by atoms with Crippen LogP contribution in [0.15, 0.2) is 65.7 Å². The van der Waals surface area contributed by atoms with Crippen LogP contribution >= 0.6 is 0 Å².